The first-order valence-corrected chi connectivity index (χ1v) is 5.79. The fourth-order valence-corrected chi connectivity index (χ4v) is 1.23. The molecule has 0 saturated carbocycles. The van der Waals surface area contributed by atoms with Crippen molar-refractivity contribution in [3.63, 3.8) is 0 Å². The second-order valence-corrected chi connectivity index (χ2v) is 3.61. The Balaban J connectivity index is 3.24. The molecular weight excluding hydrogens is 188 g/mol. The number of allylic oxidation sites excluding steroid dienone is 4. The number of aliphatic carboxylic acids is 1. The molecule has 0 spiro atoms. The molecule has 0 rings (SSSR count). The highest BCUT2D eigenvalue weighted by Gasteiger charge is 1.90. The Hall–Kier alpha value is -1.05. The lowest BCUT2D eigenvalue weighted by Gasteiger charge is -1.90. The minimum atomic E-state index is -0.727. The first-order valence-electron chi connectivity index (χ1n) is 5.79. The molecule has 2 nitrogen and oxygen atoms in total. The molecule has 0 radical (unpaired) electrons. The predicted octanol–water partition coefficient (Wildman–Crippen LogP) is 3.93. The molecular formula is C13H22O2. The quantitative estimate of drug-likeness (QED) is 0.462. The van der Waals surface area contributed by atoms with Gasteiger partial charge in [0.25, 0.3) is 0 Å². The van der Waals surface area contributed by atoms with Gasteiger partial charge in [-0.3, -0.25) is 4.79 Å². The second kappa shape index (κ2) is 11.0. The molecule has 0 aliphatic rings. The van der Waals surface area contributed by atoms with E-state index in [2.05, 4.69) is 19.1 Å². The second-order valence-electron chi connectivity index (χ2n) is 3.61. The standard InChI is InChI=1S/C13H22O2/c1-2-3-4-5-6-7-8-9-10-11-12-13(14)15/h6-7,9-10H,2-5,8,11-12H2,1H3,(H,14,15)/b7-6-,10-9+. The van der Waals surface area contributed by atoms with Crippen LogP contribution in [0.2, 0.25) is 0 Å². The van der Waals surface area contributed by atoms with Gasteiger partial charge in [-0.2, -0.15) is 0 Å². The average Bonchev–Trinajstić information content (AvgIpc) is 2.20. The molecule has 0 aliphatic heterocycles. The molecule has 0 bridgehead atoms. The summed E-state index contributed by atoms with van der Waals surface area (Å²) in [6.07, 6.45) is 15.1. The van der Waals surface area contributed by atoms with Crippen LogP contribution in [0.5, 0.6) is 0 Å². The Morgan fingerprint density at radius 3 is 2.33 bits per heavy atom. The van der Waals surface area contributed by atoms with Crippen molar-refractivity contribution in [1.29, 1.82) is 0 Å². The van der Waals surface area contributed by atoms with Gasteiger partial charge in [0.2, 0.25) is 0 Å². The van der Waals surface area contributed by atoms with Gasteiger partial charge in [0.15, 0.2) is 0 Å². The number of rotatable bonds is 9. The van der Waals surface area contributed by atoms with Crippen LogP contribution < -0.4 is 0 Å². The molecule has 2 heteroatoms. The van der Waals surface area contributed by atoms with Crippen LogP contribution in [0.15, 0.2) is 24.3 Å². The Morgan fingerprint density at radius 2 is 1.73 bits per heavy atom. The van der Waals surface area contributed by atoms with Crippen LogP contribution in [0.4, 0.5) is 0 Å². The normalized spacial score (nSPS) is 11.5. The first-order chi connectivity index (χ1) is 7.27. The van der Waals surface area contributed by atoms with Crippen molar-refractivity contribution >= 4 is 5.97 Å². The van der Waals surface area contributed by atoms with E-state index in [0.717, 1.165) is 12.8 Å². The lowest BCUT2D eigenvalue weighted by Crippen LogP contribution is -1.91. The van der Waals surface area contributed by atoms with Crippen molar-refractivity contribution in [2.24, 2.45) is 0 Å². The smallest absolute Gasteiger partial charge is 0.303 e. The maximum atomic E-state index is 10.2. The largest absolute Gasteiger partial charge is 0.481 e. The Kier molecular flexibility index (Phi) is 10.3. The third kappa shape index (κ3) is 12.9. The summed E-state index contributed by atoms with van der Waals surface area (Å²) < 4.78 is 0. The average molecular weight is 210 g/mol. The Bertz CT molecular complexity index is 205. The summed E-state index contributed by atoms with van der Waals surface area (Å²) in [7, 11) is 0. The summed E-state index contributed by atoms with van der Waals surface area (Å²) in [5.41, 5.74) is 0. The molecule has 0 amide bonds. The molecule has 0 aromatic rings. The van der Waals surface area contributed by atoms with Gasteiger partial charge in [0, 0.05) is 6.42 Å². The van der Waals surface area contributed by atoms with Crippen LogP contribution in [0.25, 0.3) is 0 Å². The molecule has 0 atom stereocenters. The number of carboxylic acid groups (broad SMARTS) is 1. The van der Waals surface area contributed by atoms with Gasteiger partial charge in [0.1, 0.15) is 0 Å². The molecule has 0 aliphatic carbocycles. The van der Waals surface area contributed by atoms with E-state index in [9.17, 15) is 4.79 Å². The van der Waals surface area contributed by atoms with Crippen LogP contribution >= 0.6 is 0 Å². The maximum Gasteiger partial charge on any atom is 0.303 e. The zero-order chi connectivity index (χ0) is 11.4. The zero-order valence-corrected chi connectivity index (χ0v) is 9.61. The summed E-state index contributed by atoms with van der Waals surface area (Å²) in [6.45, 7) is 2.20. The maximum absolute atomic E-state index is 10.2. The minimum Gasteiger partial charge on any atom is -0.481 e. The highest BCUT2D eigenvalue weighted by atomic mass is 16.4. The van der Waals surface area contributed by atoms with Gasteiger partial charge < -0.3 is 5.11 Å². The molecule has 0 fully saturated rings. The van der Waals surface area contributed by atoms with E-state index in [1.54, 1.807) is 0 Å². The summed E-state index contributed by atoms with van der Waals surface area (Å²) in [6, 6.07) is 0. The van der Waals surface area contributed by atoms with Crippen LogP contribution in [-0.4, -0.2) is 11.1 Å². The molecule has 86 valence electrons. The van der Waals surface area contributed by atoms with E-state index in [4.69, 9.17) is 5.11 Å². The third-order valence-electron chi connectivity index (χ3n) is 2.10. The van der Waals surface area contributed by atoms with Crippen LogP contribution in [0, 0.1) is 0 Å². The predicted molar refractivity (Wildman–Crippen MR) is 63.9 cm³/mol. The fourth-order valence-electron chi connectivity index (χ4n) is 1.23. The van der Waals surface area contributed by atoms with E-state index in [-0.39, 0.29) is 6.42 Å². The van der Waals surface area contributed by atoms with E-state index < -0.39 is 5.97 Å². The topological polar surface area (TPSA) is 37.3 Å². The first kappa shape index (κ1) is 13.9. The van der Waals surface area contributed by atoms with E-state index in [1.165, 1.54) is 19.3 Å². The van der Waals surface area contributed by atoms with E-state index in [0.29, 0.717) is 6.42 Å². The minimum absolute atomic E-state index is 0.233. The zero-order valence-electron chi connectivity index (χ0n) is 9.61. The molecule has 1 N–H and O–H groups in total. The summed E-state index contributed by atoms with van der Waals surface area (Å²) in [4.78, 5) is 10.2. The molecule has 0 saturated heterocycles. The highest BCUT2D eigenvalue weighted by molar-refractivity contribution is 5.66. The number of hydrogen-bond acceptors (Lipinski definition) is 1. The number of carbonyl (C=O) groups is 1. The lowest BCUT2D eigenvalue weighted by molar-refractivity contribution is -0.136. The monoisotopic (exact) mass is 210 g/mol. The van der Waals surface area contributed by atoms with Crippen LogP contribution in [0.3, 0.4) is 0 Å². The fraction of sp³-hybridized carbons (Fsp3) is 0.615. The molecule has 0 heterocycles. The van der Waals surface area contributed by atoms with Crippen LogP contribution in [0.1, 0.15) is 51.9 Å². The molecule has 0 aromatic heterocycles. The van der Waals surface area contributed by atoms with Crippen molar-refractivity contribution in [1.82, 2.24) is 0 Å². The highest BCUT2D eigenvalue weighted by Crippen LogP contribution is 2.00. The SMILES string of the molecule is CCCCC/C=C\C/C=C/CCC(=O)O. The van der Waals surface area contributed by atoms with Gasteiger partial charge in [0.05, 0.1) is 0 Å². The summed E-state index contributed by atoms with van der Waals surface area (Å²) >= 11 is 0. The Labute approximate surface area is 92.7 Å². The van der Waals surface area contributed by atoms with Crippen molar-refractivity contribution in [3.8, 4) is 0 Å². The molecule has 0 unspecified atom stereocenters. The van der Waals surface area contributed by atoms with Crippen molar-refractivity contribution in [3.05, 3.63) is 24.3 Å². The summed E-state index contributed by atoms with van der Waals surface area (Å²) in [5.74, 6) is -0.727. The van der Waals surface area contributed by atoms with Gasteiger partial charge in [-0.15, -0.1) is 0 Å². The van der Waals surface area contributed by atoms with E-state index >= 15 is 0 Å². The number of carboxylic acids is 1. The van der Waals surface area contributed by atoms with Crippen molar-refractivity contribution in [2.45, 2.75) is 51.9 Å². The van der Waals surface area contributed by atoms with Crippen LogP contribution in [-0.2, 0) is 4.79 Å². The number of unbranched alkanes of at least 4 members (excludes halogenated alkanes) is 3. The Morgan fingerprint density at radius 1 is 1.07 bits per heavy atom. The third-order valence-corrected chi connectivity index (χ3v) is 2.10. The lowest BCUT2D eigenvalue weighted by atomic mass is 10.2. The van der Waals surface area contributed by atoms with Crippen molar-refractivity contribution in [2.75, 3.05) is 0 Å². The molecule has 15 heavy (non-hydrogen) atoms. The van der Waals surface area contributed by atoms with Crippen molar-refractivity contribution < 1.29 is 9.90 Å². The van der Waals surface area contributed by atoms with Gasteiger partial charge in [-0.05, 0) is 25.7 Å². The molecule has 0 aromatic carbocycles. The van der Waals surface area contributed by atoms with Gasteiger partial charge in [-0.1, -0.05) is 44.1 Å². The van der Waals surface area contributed by atoms with Gasteiger partial charge >= 0.3 is 5.97 Å². The number of hydrogen-bond donors (Lipinski definition) is 1. The van der Waals surface area contributed by atoms with Gasteiger partial charge in [-0.25, -0.2) is 0 Å². The summed E-state index contributed by atoms with van der Waals surface area (Å²) in [5, 5.41) is 8.39. The van der Waals surface area contributed by atoms with E-state index in [1.807, 2.05) is 12.2 Å².